The highest BCUT2D eigenvalue weighted by Gasteiger charge is 2.61. The van der Waals surface area contributed by atoms with E-state index in [1.54, 1.807) is 34.1 Å². The van der Waals surface area contributed by atoms with E-state index in [9.17, 15) is 14.4 Å². The number of fused-ring (bicyclic) bond motifs is 3. The lowest BCUT2D eigenvalue weighted by molar-refractivity contribution is -0.134. The van der Waals surface area contributed by atoms with Gasteiger partial charge in [0, 0.05) is 25.4 Å². The van der Waals surface area contributed by atoms with Crippen LogP contribution in [-0.2, 0) is 16.0 Å². The standard InChI is InChI=1S/C23H25N3O3/c1-16(2)25-21(28)18-10-6-7-11-19(18)26-20(27)12-14-23(25,26)22(29)24-15-13-17-8-4-3-5-9-17/h3-11,16H,12-15H2,1-2H3,(H,24,29)/t23-/m1/s1. The smallest absolute Gasteiger partial charge is 0.267 e. The van der Waals surface area contributed by atoms with E-state index in [1.165, 1.54) is 0 Å². The zero-order valence-corrected chi connectivity index (χ0v) is 16.7. The number of nitrogens with zero attached hydrogens (tertiary/aromatic N) is 2. The molecule has 0 radical (unpaired) electrons. The molecule has 0 aromatic heterocycles. The lowest BCUT2D eigenvalue weighted by atomic mass is 9.94. The van der Waals surface area contributed by atoms with Crippen LogP contribution in [0.2, 0.25) is 0 Å². The van der Waals surface area contributed by atoms with E-state index in [0.29, 0.717) is 30.6 Å². The van der Waals surface area contributed by atoms with Crippen molar-refractivity contribution in [3.8, 4) is 0 Å². The number of amides is 3. The molecule has 2 aliphatic heterocycles. The van der Waals surface area contributed by atoms with Gasteiger partial charge in [-0.25, -0.2) is 0 Å². The van der Waals surface area contributed by atoms with Gasteiger partial charge in [0.1, 0.15) is 0 Å². The molecule has 1 atom stereocenters. The topological polar surface area (TPSA) is 69.7 Å². The molecule has 2 aliphatic rings. The van der Waals surface area contributed by atoms with E-state index < -0.39 is 5.66 Å². The van der Waals surface area contributed by atoms with E-state index in [0.717, 1.165) is 5.56 Å². The molecule has 0 unspecified atom stereocenters. The Morgan fingerprint density at radius 3 is 2.48 bits per heavy atom. The van der Waals surface area contributed by atoms with Gasteiger partial charge in [-0.05, 0) is 38.0 Å². The van der Waals surface area contributed by atoms with Crippen molar-refractivity contribution >= 4 is 23.4 Å². The van der Waals surface area contributed by atoms with Gasteiger partial charge in [-0.2, -0.15) is 0 Å². The van der Waals surface area contributed by atoms with Crippen molar-refractivity contribution in [1.82, 2.24) is 10.2 Å². The lowest BCUT2D eigenvalue weighted by Crippen LogP contribution is -2.72. The van der Waals surface area contributed by atoms with Gasteiger partial charge in [-0.1, -0.05) is 42.5 Å². The zero-order valence-electron chi connectivity index (χ0n) is 16.7. The van der Waals surface area contributed by atoms with Gasteiger partial charge >= 0.3 is 0 Å². The lowest BCUT2D eigenvalue weighted by Gasteiger charge is -2.50. The van der Waals surface area contributed by atoms with E-state index >= 15 is 0 Å². The predicted molar refractivity (Wildman–Crippen MR) is 110 cm³/mol. The molecule has 1 saturated heterocycles. The average molecular weight is 391 g/mol. The van der Waals surface area contributed by atoms with Gasteiger partial charge in [0.25, 0.3) is 11.8 Å². The van der Waals surface area contributed by atoms with Crippen LogP contribution in [0.5, 0.6) is 0 Å². The van der Waals surface area contributed by atoms with Crippen LogP contribution in [0.25, 0.3) is 0 Å². The second-order valence-corrected chi connectivity index (χ2v) is 7.82. The maximum absolute atomic E-state index is 13.5. The number of carbonyl (C=O) groups excluding carboxylic acids is 3. The summed E-state index contributed by atoms with van der Waals surface area (Å²) in [6.07, 6.45) is 1.21. The Labute approximate surface area is 170 Å². The minimum absolute atomic E-state index is 0.131. The fourth-order valence-electron chi connectivity index (χ4n) is 4.51. The van der Waals surface area contributed by atoms with Crippen molar-refractivity contribution in [2.24, 2.45) is 0 Å². The fourth-order valence-corrected chi connectivity index (χ4v) is 4.51. The third-order valence-corrected chi connectivity index (χ3v) is 5.72. The monoisotopic (exact) mass is 391 g/mol. The first-order valence-electron chi connectivity index (χ1n) is 10.0. The van der Waals surface area contributed by atoms with E-state index in [2.05, 4.69) is 5.32 Å². The molecule has 6 nitrogen and oxygen atoms in total. The summed E-state index contributed by atoms with van der Waals surface area (Å²) < 4.78 is 0. The zero-order chi connectivity index (χ0) is 20.6. The quantitative estimate of drug-likeness (QED) is 0.852. The SMILES string of the molecule is CC(C)N1C(=O)c2ccccc2N2C(=O)CC[C@]21C(=O)NCCc1ccccc1. The van der Waals surface area contributed by atoms with Gasteiger partial charge in [0.05, 0.1) is 11.3 Å². The van der Waals surface area contributed by atoms with Crippen molar-refractivity contribution in [2.45, 2.75) is 44.8 Å². The fraction of sp³-hybridized carbons (Fsp3) is 0.348. The van der Waals surface area contributed by atoms with Gasteiger partial charge in [-0.3, -0.25) is 19.3 Å². The first-order chi connectivity index (χ1) is 14.0. The molecule has 150 valence electrons. The molecule has 0 spiro atoms. The normalized spacial score (nSPS) is 20.7. The minimum atomic E-state index is -1.31. The number of hydrogen-bond donors (Lipinski definition) is 1. The number of anilines is 1. The predicted octanol–water partition coefficient (Wildman–Crippen LogP) is 2.73. The molecule has 2 aromatic rings. The minimum Gasteiger partial charge on any atom is -0.352 e. The summed E-state index contributed by atoms with van der Waals surface area (Å²) in [7, 11) is 0. The first kappa shape index (κ1) is 19.2. The van der Waals surface area contributed by atoms with Crippen molar-refractivity contribution in [1.29, 1.82) is 0 Å². The second-order valence-electron chi connectivity index (χ2n) is 7.82. The Balaban J connectivity index is 1.69. The highest BCUT2D eigenvalue weighted by Crippen LogP contribution is 2.45. The molecular weight excluding hydrogens is 366 g/mol. The summed E-state index contributed by atoms with van der Waals surface area (Å²) in [5.41, 5.74) is 0.794. The molecule has 0 bridgehead atoms. The van der Waals surface area contributed by atoms with Gasteiger partial charge in [-0.15, -0.1) is 0 Å². The first-order valence-corrected chi connectivity index (χ1v) is 10.0. The third kappa shape index (κ3) is 2.99. The van der Waals surface area contributed by atoms with Crippen LogP contribution in [0.15, 0.2) is 54.6 Å². The Morgan fingerprint density at radius 1 is 1.07 bits per heavy atom. The molecule has 3 amide bonds. The van der Waals surface area contributed by atoms with Crippen LogP contribution in [-0.4, -0.2) is 40.9 Å². The molecule has 2 heterocycles. The molecule has 1 fully saturated rings. The molecule has 4 rings (SSSR count). The second kappa shape index (κ2) is 7.35. The van der Waals surface area contributed by atoms with Crippen LogP contribution in [0.4, 0.5) is 5.69 Å². The molecule has 0 saturated carbocycles. The van der Waals surface area contributed by atoms with Crippen LogP contribution in [0.3, 0.4) is 0 Å². The summed E-state index contributed by atoms with van der Waals surface area (Å²) in [6.45, 7) is 4.20. The number of hydrogen-bond acceptors (Lipinski definition) is 3. The number of benzene rings is 2. The van der Waals surface area contributed by atoms with Gasteiger partial charge < -0.3 is 10.2 Å². The van der Waals surface area contributed by atoms with Crippen molar-refractivity contribution in [3.05, 3.63) is 65.7 Å². The summed E-state index contributed by atoms with van der Waals surface area (Å²) in [5, 5.41) is 2.99. The van der Waals surface area contributed by atoms with Crippen LogP contribution >= 0.6 is 0 Å². The molecule has 2 aromatic carbocycles. The molecule has 29 heavy (non-hydrogen) atoms. The third-order valence-electron chi connectivity index (χ3n) is 5.72. The van der Waals surface area contributed by atoms with E-state index in [-0.39, 0.29) is 30.2 Å². The van der Waals surface area contributed by atoms with Crippen molar-refractivity contribution in [2.75, 3.05) is 11.4 Å². The van der Waals surface area contributed by atoms with Crippen LogP contribution in [0.1, 0.15) is 42.6 Å². The largest absolute Gasteiger partial charge is 0.352 e. The number of nitrogens with one attached hydrogen (secondary N) is 1. The number of rotatable bonds is 5. The Morgan fingerprint density at radius 2 is 1.76 bits per heavy atom. The molecular formula is C23H25N3O3. The summed E-state index contributed by atoms with van der Waals surface area (Å²) in [6, 6.07) is 16.7. The molecule has 0 aliphatic carbocycles. The molecule has 1 N–H and O–H groups in total. The Bertz CT molecular complexity index is 957. The van der Waals surface area contributed by atoms with Gasteiger partial charge in [0.2, 0.25) is 11.6 Å². The van der Waals surface area contributed by atoms with E-state index in [1.807, 2.05) is 44.2 Å². The van der Waals surface area contributed by atoms with Crippen LogP contribution in [0, 0.1) is 0 Å². The highest BCUT2D eigenvalue weighted by molar-refractivity contribution is 6.16. The maximum atomic E-state index is 13.5. The van der Waals surface area contributed by atoms with Crippen LogP contribution < -0.4 is 10.2 Å². The highest BCUT2D eigenvalue weighted by atomic mass is 16.2. The van der Waals surface area contributed by atoms with E-state index in [4.69, 9.17) is 0 Å². The van der Waals surface area contributed by atoms with Crippen molar-refractivity contribution in [3.63, 3.8) is 0 Å². The summed E-state index contributed by atoms with van der Waals surface area (Å²) in [4.78, 5) is 42.8. The number of para-hydroxylation sites is 1. The van der Waals surface area contributed by atoms with Gasteiger partial charge in [0.15, 0.2) is 0 Å². The average Bonchev–Trinajstić information content (AvgIpc) is 3.07. The number of carbonyl (C=O) groups is 3. The summed E-state index contributed by atoms with van der Waals surface area (Å²) >= 11 is 0. The Hall–Kier alpha value is -3.15. The maximum Gasteiger partial charge on any atom is 0.267 e. The van der Waals surface area contributed by atoms with Crippen molar-refractivity contribution < 1.29 is 14.4 Å². The Kier molecular flexibility index (Phi) is 4.86. The molecule has 6 heteroatoms. The summed E-state index contributed by atoms with van der Waals surface area (Å²) in [5.74, 6) is -0.635.